The van der Waals surface area contributed by atoms with Gasteiger partial charge in [0.05, 0.1) is 55.2 Å². The molecule has 1 spiro atoms. The van der Waals surface area contributed by atoms with Gasteiger partial charge in [0, 0.05) is 75.3 Å². The predicted molar refractivity (Wildman–Crippen MR) is 364 cm³/mol. The molecular formula is C71H94ClF11N12O12. The Balaban J connectivity index is 1.33. The summed E-state index contributed by atoms with van der Waals surface area (Å²) >= 11 is 6.05. The highest BCUT2D eigenvalue weighted by molar-refractivity contribution is 6.31. The quantitative estimate of drug-likeness (QED) is 0.216. The molecule has 107 heavy (non-hydrogen) atoms. The van der Waals surface area contributed by atoms with Gasteiger partial charge < -0.3 is 60.0 Å². The molecule has 3 N–H and O–H groups in total. The molecule has 2 aromatic carbocycles. The highest BCUT2D eigenvalue weighted by atomic mass is 35.5. The summed E-state index contributed by atoms with van der Waals surface area (Å²) in [5, 5.41) is 6.62. The van der Waals surface area contributed by atoms with Crippen LogP contribution in [0.2, 0.25) is 5.02 Å². The number of rotatable bonds is 10. The van der Waals surface area contributed by atoms with Crippen molar-refractivity contribution in [1.82, 2.24) is 60.0 Å². The molecule has 8 atom stereocenters. The number of likely N-dealkylation sites (tertiary alicyclic amines) is 1. The molecule has 3 saturated heterocycles. The van der Waals surface area contributed by atoms with Crippen LogP contribution in [0.1, 0.15) is 139 Å². The second-order valence-electron chi connectivity index (χ2n) is 29.0. The zero-order valence-corrected chi connectivity index (χ0v) is 61.9. The lowest BCUT2D eigenvalue weighted by Gasteiger charge is -2.43. The zero-order chi connectivity index (χ0) is 79.7. The number of nitrogens with zero attached hydrogens (tertiary/aromatic N) is 9. The Morgan fingerprint density at radius 3 is 1.77 bits per heavy atom. The number of hydrogen-bond acceptors (Lipinski definition) is 12. The number of hydrogen-bond donors (Lipinski definition) is 3. The first-order chi connectivity index (χ1) is 49.8. The van der Waals surface area contributed by atoms with Gasteiger partial charge in [-0.25, -0.2) is 8.78 Å². The smallest absolute Gasteiger partial charge is 0.343 e. The second-order valence-corrected chi connectivity index (χ2v) is 29.4. The summed E-state index contributed by atoms with van der Waals surface area (Å²) in [5.74, 6) is -18.8. The Kier molecular flexibility index (Phi) is 28.3. The summed E-state index contributed by atoms with van der Waals surface area (Å²) in [6.45, 7) is -0.945. The maximum atomic E-state index is 16.2. The maximum Gasteiger partial charge on any atom is 0.417 e. The summed E-state index contributed by atoms with van der Waals surface area (Å²) in [7, 11) is 7.62. The molecule has 0 bridgehead atoms. The zero-order valence-electron chi connectivity index (χ0n) is 61.2. The number of amides is 12. The second kappa shape index (κ2) is 35.3. The molecule has 12 amide bonds. The fourth-order valence-corrected chi connectivity index (χ4v) is 15.0. The largest absolute Gasteiger partial charge is 0.417 e. The summed E-state index contributed by atoms with van der Waals surface area (Å²) in [6, 6.07) is -7.33. The number of benzene rings is 2. The van der Waals surface area contributed by atoms with E-state index in [1.54, 1.807) is 6.92 Å². The first kappa shape index (κ1) is 85.8. The lowest BCUT2D eigenvalue weighted by atomic mass is 9.81. The van der Waals surface area contributed by atoms with Crippen LogP contribution in [-0.4, -0.2) is 264 Å². The normalized spacial score (nSPS) is 25.6. The Labute approximate surface area is 618 Å². The van der Waals surface area contributed by atoms with E-state index in [-0.39, 0.29) is 56.3 Å². The van der Waals surface area contributed by atoms with Gasteiger partial charge >= 0.3 is 18.5 Å². The van der Waals surface area contributed by atoms with Gasteiger partial charge in [-0.3, -0.25) is 57.5 Å². The number of carbonyl (C=O) groups excluding carboxylic acids is 12. The van der Waals surface area contributed by atoms with Gasteiger partial charge in [-0.2, -0.15) is 39.5 Å². The lowest BCUT2D eigenvalue weighted by molar-refractivity contribution is -0.163. The molecule has 0 radical (unpaired) electrons. The van der Waals surface area contributed by atoms with E-state index in [9.17, 15) is 77.9 Å². The Morgan fingerprint density at radius 2 is 1.20 bits per heavy atom. The average molecular weight is 1550 g/mol. The first-order valence-electron chi connectivity index (χ1n) is 35.6. The molecule has 3 heterocycles. The predicted octanol–water partition coefficient (Wildman–Crippen LogP) is 6.48. The van der Waals surface area contributed by atoms with Crippen molar-refractivity contribution in [1.29, 1.82) is 0 Å². The molecule has 36 heteroatoms. The summed E-state index contributed by atoms with van der Waals surface area (Å²) in [6.07, 6.45) is -17.2. The van der Waals surface area contributed by atoms with E-state index in [0.717, 1.165) is 88.9 Å². The van der Waals surface area contributed by atoms with E-state index in [0.29, 0.717) is 72.9 Å². The Morgan fingerprint density at radius 1 is 0.617 bits per heavy atom. The van der Waals surface area contributed by atoms with E-state index < -0.39 is 236 Å². The van der Waals surface area contributed by atoms with Gasteiger partial charge in [0.2, 0.25) is 70.9 Å². The van der Waals surface area contributed by atoms with Crippen molar-refractivity contribution in [3.8, 4) is 0 Å². The molecule has 7 rings (SSSR count). The maximum absolute atomic E-state index is 16.2. The van der Waals surface area contributed by atoms with Crippen molar-refractivity contribution in [2.24, 2.45) is 11.8 Å². The van der Waals surface area contributed by atoms with E-state index >= 15 is 28.0 Å². The lowest BCUT2D eigenvalue weighted by Crippen LogP contribution is -2.65. The van der Waals surface area contributed by atoms with Crippen molar-refractivity contribution in [2.75, 3.05) is 88.6 Å². The van der Waals surface area contributed by atoms with Crippen molar-refractivity contribution in [3.63, 3.8) is 0 Å². The summed E-state index contributed by atoms with van der Waals surface area (Å²) in [5.41, 5.74) is -4.26. The van der Waals surface area contributed by atoms with Crippen LogP contribution in [0.4, 0.5) is 48.3 Å². The summed E-state index contributed by atoms with van der Waals surface area (Å²) < 4.78 is 160. The van der Waals surface area contributed by atoms with Gasteiger partial charge in [-0.05, 0) is 98.6 Å². The molecule has 5 fully saturated rings. The van der Waals surface area contributed by atoms with E-state index in [2.05, 4.69) is 16.0 Å². The third-order valence-electron chi connectivity index (χ3n) is 21.3. The molecule has 0 aromatic heterocycles. The molecule has 2 aromatic rings. The topological polar surface area (TPSA) is 270 Å². The van der Waals surface area contributed by atoms with Crippen LogP contribution in [0.3, 0.4) is 0 Å². The third kappa shape index (κ3) is 21.5. The molecule has 3 aliphatic heterocycles. The van der Waals surface area contributed by atoms with Crippen LogP contribution in [-0.2, 0) is 82.7 Å². The van der Waals surface area contributed by atoms with Crippen LogP contribution >= 0.6 is 11.6 Å². The van der Waals surface area contributed by atoms with E-state index in [1.165, 1.54) is 25.9 Å². The van der Waals surface area contributed by atoms with E-state index in [4.69, 9.17) is 11.6 Å². The van der Waals surface area contributed by atoms with Gasteiger partial charge in [-0.15, -0.1) is 0 Å². The minimum atomic E-state index is -5.18. The molecule has 2 saturated carbocycles. The van der Waals surface area contributed by atoms with Crippen LogP contribution in [0.15, 0.2) is 42.5 Å². The van der Waals surface area contributed by atoms with Crippen LogP contribution in [0.5, 0.6) is 0 Å². The number of aryl methyl sites for hydroxylation is 1. The van der Waals surface area contributed by atoms with Gasteiger partial charge in [0.15, 0.2) is 0 Å². The number of likely N-dealkylation sites (N-methyl/N-ethyl adjacent to an activating group) is 7. The number of alkyl halides is 11. The standard InChI is InChI=1S/C71H94ClF11N12O12/c1-10-41(2)57-64(105)89(5)38-55(98)87(3)39-56(99)90(6)49(33-43-20-24-45(25-21-43)70(78,79)80)62(103)88(4)37-53(96)84-48(27-23-42-22-26-46(47(72)32-42)71(81,82)83)61(102)95-40-68(73,74)35-52(95)60(101)86-67(28-14-15-29-67)66(107)93(9)58(44-18-12-11-13-19-44)65(106)92(8)50(63(104)94-30-16-17-31-94)34-54(97)91(7)51(59(100)85-57)36-69(75,76)77/h20-22,24-26,32,41,44,48-52,57-58H,10-19,23,27-31,33-40H2,1-9H3,(H,84,96)(H,85,100)(H,86,101)/t41-,48-,49-,50-,51-,52-,57-,58-/m0/s1. The number of nitrogens with one attached hydrogen (secondary N) is 3. The molecule has 24 nitrogen and oxygen atoms in total. The number of halogens is 12. The Bertz CT molecular complexity index is 3610. The molecule has 2 aliphatic carbocycles. The monoisotopic (exact) mass is 1550 g/mol. The average Bonchev–Trinajstić information content (AvgIpc) is 1.74. The van der Waals surface area contributed by atoms with E-state index in [1.807, 2.05) is 0 Å². The van der Waals surface area contributed by atoms with Crippen LogP contribution < -0.4 is 16.0 Å². The molecule has 0 unspecified atom stereocenters. The highest BCUT2D eigenvalue weighted by Crippen LogP contribution is 2.40. The Hall–Kier alpha value is -8.40. The third-order valence-corrected chi connectivity index (χ3v) is 21.6. The number of carbonyl (C=O) groups is 12. The van der Waals surface area contributed by atoms with Crippen molar-refractivity contribution >= 4 is 82.5 Å². The highest BCUT2D eigenvalue weighted by Gasteiger charge is 2.56. The fraction of sp³-hybridized carbons (Fsp3) is 0.662. The molecule has 5 aliphatic rings. The summed E-state index contributed by atoms with van der Waals surface area (Å²) in [4.78, 5) is 185. The van der Waals surface area contributed by atoms with Gasteiger partial charge in [0.25, 0.3) is 5.92 Å². The van der Waals surface area contributed by atoms with Gasteiger partial charge in [0.1, 0.15) is 47.8 Å². The SMILES string of the molecule is CC[C@H](C)[C@@H]1NC(=O)[C@H](CC(F)(F)F)N(C)C(=O)C[C@@H](C(=O)N2CCCC2)N(C)C(=O)[C@H](C2CCCCC2)N(C)C(=O)C2(CCCC2)NC(=O)[C@@H]2CC(F)(F)CN2C(=O)[C@H](CCc2ccc(C(F)(F)F)c(Cl)c2)NC(=O)CN(C)C(=O)[C@H](Cc2ccc(C(F)(F)F)cc2)N(C)C(=O)CN(C)C(=O)CN(C)C1=O. The molecule has 594 valence electrons. The van der Waals surface area contributed by atoms with Crippen molar-refractivity contribution in [3.05, 3.63) is 69.7 Å². The van der Waals surface area contributed by atoms with Crippen molar-refractivity contribution < 1.29 is 106 Å². The first-order valence-corrected chi connectivity index (χ1v) is 35.9. The van der Waals surface area contributed by atoms with Crippen LogP contribution in [0.25, 0.3) is 0 Å². The fourth-order valence-electron chi connectivity index (χ4n) is 14.7. The number of fused-ring (bicyclic) bond motifs is 1. The van der Waals surface area contributed by atoms with Crippen molar-refractivity contribution in [2.45, 2.75) is 202 Å². The minimum Gasteiger partial charge on any atom is -0.343 e. The minimum absolute atomic E-state index is 0.0217. The van der Waals surface area contributed by atoms with Gasteiger partial charge in [-0.1, -0.05) is 82.2 Å². The molecular weight excluding hydrogens is 1460 g/mol. The van der Waals surface area contributed by atoms with Crippen LogP contribution in [0, 0.1) is 11.8 Å².